The van der Waals surface area contributed by atoms with Crippen LogP contribution in [0.25, 0.3) is 11.1 Å². The number of hydrogen-bond donors (Lipinski definition) is 0. The normalized spacial score (nSPS) is 17.4. The zero-order valence-electron chi connectivity index (χ0n) is 13.3. The maximum Gasteiger partial charge on any atom is 0.341 e. The average molecular weight is 458 g/mol. The number of halogens is 14. The van der Waals surface area contributed by atoms with Crippen LogP contribution < -0.4 is 0 Å². The summed E-state index contributed by atoms with van der Waals surface area (Å²) in [6.45, 7) is 0. The Morgan fingerprint density at radius 1 is 0.300 bits per heavy atom. The molecule has 30 heavy (non-hydrogen) atoms. The molecule has 0 heterocycles. The number of allylic oxidation sites excluding steroid dienone is 2. The van der Waals surface area contributed by atoms with Gasteiger partial charge in [0.05, 0.1) is 22.3 Å². The predicted octanol–water partition coefficient (Wildman–Crippen LogP) is 6.27. The van der Waals surface area contributed by atoms with Crippen molar-refractivity contribution in [1.29, 1.82) is 0 Å². The van der Waals surface area contributed by atoms with Crippen molar-refractivity contribution in [3.8, 4) is 0 Å². The van der Waals surface area contributed by atoms with Gasteiger partial charge >= 0.3 is 11.8 Å². The van der Waals surface area contributed by atoms with Gasteiger partial charge in [-0.15, -0.1) is 0 Å². The lowest BCUT2D eigenvalue weighted by Gasteiger charge is -2.41. The summed E-state index contributed by atoms with van der Waals surface area (Å²) in [7, 11) is 0. The van der Waals surface area contributed by atoms with Gasteiger partial charge < -0.3 is 0 Å². The topological polar surface area (TPSA) is 0 Å². The van der Waals surface area contributed by atoms with Gasteiger partial charge in [0.1, 0.15) is 0 Å². The minimum absolute atomic E-state index is 2.72. The fourth-order valence-electron chi connectivity index (χ4n) is 2.78. The smallest absolute Gasteiger partial charge is 0.203 e. The second-order valence-corrected chi connectivity index (χ2v) is 5.79. The fraction of sp³-hybridized carbons (Fsp3) is 0.125. The van der Waals surface area contributed by atoms with Gasteiger partial charge in [-0.1, -0.05) is 0 Å². The van der Waals surface area contributed by atoms with Crippen LogP contribution in [0.15, 0.2) is 0 Å². The van der Waals surface area contributed by atoms with Crippen LogP contribution in [0.2, 0.25) is 0 Å². The van der Waals surface area contributed by atoms with Crippen molar-refractivity contribution < 1.29 is 61.5 Å². The summed E-state index contributed by atoms with van der Waals surface area (Å²) in [6.07, 6.45) is 0. The Labute approximate surface area is 155 Å². The summed E-state index contributed by atoms with van der Waals surface area (Å²) in [5.41, 5.74) is -11.1. The highest BCUT2D eigenvalue weighted by Gasteiger charge is 2.73. The lowest BCUT2D eigenvalue weighted by Crippen LogP contribution is -2.52. The quantitative estimate of drug-likeness (QED) is 0.283. The number of hydrogen-bond acceptors (Lipinski definition) is 0. The molecule has 14 heteroatoms. The van der Waals surface area contributed by atoms with Gasteiger partial charge in [-0.05, 0) is 0 Å². The van der Waals surface area contributed by atoms with E-state index in [4.69, 9.17) is 0 Å². The Hall–Kier alpha value is -2.80. The van der Waals surface area contributed by atoms with Gasteiger partial charge in [0, 0.05) is 0 Å². The van der Waals surface area contributed by atoms with Crippen LogP contribution in [0.1, 0.15) is 11.1 Å². The minimum atomic E-state index is -5.82. The zero-order chi connectivity index (χ0) is 23.1. The maximum atomic E-state index is 13.9. The van der Waals surface area contributed by atoms with E-state index in [-0.39, 0.29) is 0 Å². The second kappa shape index (κ2) is 6.35. The third-order valence-corrected chi connectivity index (χ3v) is 4.19. The molecule has 0 amide bonds. The van der Waals surface area contributed by atoms with Crippen LogP contribution in [0.3, 0.4) is 0 Å². The molecule has 0 bridgehead atoms. The molecule has 0 nitrogen and oxygen atoms in total. The predicted molar refractivity (Wildman–Crippen MR) is 69.2 cm³/mol. The van der Waals surface area contributed by atoms with E-state index in [1.807, 2.05) is 0 Å². The van der Waals surface area contributed by atoms with Crippen LogP contribution >= 0.6 is 0 Å². The van der Waals surface area contributed by atoms with E-state index < -0.39 is 92.3 Å². The number of alkyl halides is 4. The first-order valence-corrected chi connectivity index (χ1v) is 7.15. The van der Waals surface area contributed by atoms with Crippen molar-refractivity contribution in [1.82, 2.24) is 0 Å². The molecule has 2 aromatic rings. The first-order chi connectivity index (χ1) is 13.6. The molecule has 0 unspecified atom stereocenters. The molecule has 1 aliphatic carbocycles. The highest BCUT2D eigenvalue weighted by molar-refractivity contribution is 6.05. The van der Waals surface area contributed by atoms with Crippen molar-refractivity contribution in [2.24, 2.45) is 0 Å². The molecule has 0 radical (unpaired) electrons. The van der Waals surface area contributed by atoms with Gasteiger partial charge in [0.2, 0.25) is 11.6 Å². The van der Waals surface area contributed by atoms with Crippen LogP contribution in [0, 0.1) is 58.2 Å². The average Bonchev–Trinajstić information content (AvgIpc) is 2.68. The largest absolute Gasteiger partial charge is 0.341 e. The molecule has 0 spiro atoms. The van der Waals surface area contributed by atoms with Crippen molar-refractivity contribution in [2.75, 3.05) is 0 Å². The molecule has 0 saturated heterocycles. The molecule has 0 saturated carbocycles. The molecule has 0 aromatic heterocycles. The first kappa shape index (κ1) is 21.9. The van der Waals surface area contributed by atoms with Gasteiger partial charge in [-0.2, -0.15) is 17.6 Å². The molecule has 2 aromatic carbocycles. The van der Waals surface area contributed by atoms with Crippen LogP contribution in [-0.4, -0.2) is 11.8 Å². The molecular weight excluding hydrogens is 458 g/mol. The van der Waals surface area contributed by atoms with Gasteiger partial charge in [-0.25, -0.2) is 43.9 Å². The Bertz CT molecular complexity index is 996. The Morgan fingerprint density at radius 2 is 0.467 bits per heavy atom. The highest BCUT2D eigenvalue weighted by atomic mass is 19.3. The van der Waals surface area contributed by atoms with E-state index in [2.05, 4.69) is 0 Å². The zero-order valence-corrected chi connectivity index (χ0v) is 13.3. The molecule has 0 atom stereocenters. The van der Waals surface area contributed by atoms with Gasteiger partial charge in [0.15, 0.2) is 46.5 Å². The van der Waals surface area contributed by atoms with Gasteiger partial charge in [0.25, 0.3) is 0 Å². The summed E-state index contributed by atoms with van der Waals surface area (Å²) in [5, 5.41) is 0. The third-order valence-electron chi connectivity index (χ3n) is 4.19. The summed E-state index contributed by atoms with van der Waals surface area (Å²) < 4.78 is 190. The van der Waals surface area contributed by atoms with E-state index >= 15 is 0 Å². The monoisotopic (exact) mass is 458 g/mol. The lowest BCUT2D eigenvalue weighted by molar-refractivity contribution is -0.149. The molecule has 0 fully saturated rings. The Balaban J connectivity index is 2.57. The van der Waals surface area contributed by atoms with E-state index in [0.717, 1.165) is 0 Å². The molecule has 3 rings (SSSR count). The van der Waals surface area contributed by atoms with Crippen LogP contribution in [0.5, 0.6) is 0 Å². The Morgan fingerprint density at radius 3 is 0.667 bits per heavy atom. The van der Waals surface area contributed by atoms with E-state index in [9.17, 15) is 61.5 Å². The maximum absolute atomic E-state index is 13.9. The molecule has 162 valence electrons. The van der Waals surface area contributed by atoms with Crippen LogP contribution in [-0.2, 0) is 0 Å². The first-order valence-electron chi connectivity index (χ1n) is 7.15. The summed E-state index contributed by atoms with van der Waals surface area (Å²) in [5.74, 6) is -41.4. The van der Waals surface area contributed by atoms with Crippen LogP contribution in [0.4, 0.5) is 61.5 Å². The highest BCUT2D eigenvalue weighted by Crippen LogP contribution is 2.64. The minimum Gasteiger partial charge on any atom is -0.203 e. The standard InChI is InChI=1S/C16F14/c17-5-1(6(18)10(22)13(25)9(5)21)3-4(16(29,30)15(3,27)28)2-7(19)11(23)14(26)12(24)8(2)20. The SMILES string of the molecule is Fc1c(F)c(F)c(C2=C(c3c(F)c(F)c(F)c(F)c3F)C(F)(F)C2(F)F)c(F)c1F. The van der Waals surface area contributed by atoms with Crippen molar-refractivity contribution in [3.63, 3.8) is 0 Å². The Kier molecular flexibility index (Phi) is 4.63. The summed E-state index contributed by atoms with van der Waals surface area (Å²) in [6, 6.07) is 0. The summed E-state index contributed by atoms with van der Waals surface area (Å²) in [4.78, 5) is 0. The summed E-state index contributed by atoms with van der Waals surface area (Å²) >= 11 is 0. The molecule has 0 aliphatic heterocycles. The van der Waals surface area contributed by atoms with Crippen molar-refractivity contribution in [2.45, 2.75) is 11.8 Å². The third kappa shape index (κ3) is 2.41. The number of rotatable bonds is 2. The van der Waals surface area contributed by atoms with E-state index in [1.54, 1.807) is 0 Å². The lowest BCUT2D eigenvalue weighted by atomic mass is 9.72. The second-order valence-electron chi connectivity index (χ2n) is 5.79. The molecular formula is C16F14. The van der Waals surface area contributed by atoms with Crippen molar-refractivity contribution >= 4 is 11.1 Å². The van der Waals surface area contributed by atoms with E-state index in [1.165, 1.54) is 0 Å². The number of benzene rings is 2. The fourth-order valence-corrected chi connectivity index (χ4v) is 2.78. The molecule has 1 aliphatic rings. The van der Waals surface area contributed by atoms with Crippen molar-refractivity contribution in [3.05, 3.63) is 69.3 Å². The van der Waals surface area contributed by atoms with Gasteiger partial charge in [-0.3, -0.25) is 0 Å². The van der Waals surface area contributed by atoms with E-state index in [0.29, 0.717) is 0 Å². The molecule has 0 N–H and O–H groups in total.